The summed E-state index contributed by atoms with van der Waals surface area (Å²) in [5.41, 5.74) is 7.23. The van der Waals surface area contributed by atoms with Crippen molar-refractivity contribution in [1.29, 1.82) is 5.41 Å². The predicted molar refractivity (Wildman–Crippen MR) is 54.7 cm³/mol. The minimum Gasteiger partial charge on any atom is -0.492 e. The molecule has 1 aliphatic rings. The van der Waals surface area contributed by atoms with E-state index in [1.165, 1.54) is 0 Å². The van der Waals surface area contributed by atoms with Gasteiger partial charge in [0.25, 0.3) is 0 Å². The smallest absolute Gasteiger partial charge is 0.124 e. The summed E-state index contributed by atoms with van der Waals surface area (Å²) in [5.74, 6) is 0.913. The maximum atomic E-state index is 7.31. The first-order chi connectivity index (χ1) is 6.77. The van der Waals surface area contributed by atoms with E-state index < -0.39 is 0 Å². The average Bonchev–Trinajstić information content (AvgIpc) is 2.41. The van der Waals surface area contributed by atoms with Crippen LogP contribution in [0.3, 0.4) is 0 Å². The Balaban J connectivity index is 2.37. The Labute approximate surface area is 82.6 Å². The van der Waals surface area contributed by atoms with Crippen LogP contribution in [0.15, 0.2) is 18.2 Å². The van der Waals surface area contributed by atoms with Crippen molar-refractivity contribution in [2.24, 2.45) is 5.73 Å². The molecular weight excluding hydrogens is 178 g/mol. The number of nitrogens with two attached hydrogens (primary N) is 1. The lowest BCUT2D eigenvalue weighted by Crippen LogP contribution is -2.16. The Morgan fingerprint density at radius 3 is 3.14 bits per heavy atom. The zero-order chi connectivity index (χ0) is 9.97. The van der Waals surface area contributed by atoms with E-state index in [2.05, 4.69) is 5.32 Å². The molecule has 0 fully saturated rings. The molecule has 4 nitrogen and oxygen atoms in total. The summed E-state index contributed by atoms with van der Waals surface area (Å²) < 4.78 is 5.52. The topological polar surface area (TPSA) is 71.1 Å². The second kappa shape index (κ2) is 3.67. The van der Waals surface area contributed by atoms with Crippen LogP contribution >= 0.6 is 0 Å². The Morgan fingerprint density at radius 1 is 1.50 bits per heavy atom. The summed E-state index contributed by atoms with van der Waals surface area (Å²) in [6.07, 6.45) is 0. The lowest BCUT2D eigenvalue weighted by Gasteiger charge is -2.07. The SMILES string of the molecule is N=C(N)c1ccc2c(c1)OCCNC2. The Bertz CT molecular complexity index is 362. The van der Waals surface area contributed by atoms with Crippen molar-refractivity contribution in [3.8, 4) is 5.75 Å². The molecule has 0 saturated carbocycles. The van der Waals surface area contributed by atoms with Gasteiger partial charge in [-0.3, -0.25) is 5.41 Å². The molecule has 0 atom stereocenters. The molecule has 74 valence electrons. The molecule has 0 aromatic heterocycles. The van der Waals surface area contributed by atoms with Gasteiger partial charge < -0.3 is 15.8 Å². The van der Waals surface area contributed by atoms with Crippen molar-refractivity contribution in [2.45, 2.75) is 6.54 Å². The van der Waals surface area contributed by atoms with Crippen LogP contribution in [0.2, 0.25) is 0 Å². The monoisotopic (exact) mass is 191 g/mol. The first kappa shape index (κ1) is 9.02. The second-order valence-corrected chi connectivity index (χ2v) is 3.26. The first-order valence-corrected chi connectivity index (χ1v) is 4.58. The molecule has 4 N–H and O–H groups in total. The summed E-state index contributed by atoms with van der Waals surface area (Å²) in [6, 6.07) is 5.62. The van der Waals surface area contributed by atoms with Crippen LogP contribution in [0.25, 0.3) is 0 Å². The third kappa shape index (κ3) is 1.70. The molecule has 1 aromatic rings. The molecular formula is C10H13N3O. The van der Waals surface area contributed by atoms with Crippen molar-refractivity contribution >= 4 is 5.84 Å². The van der Waals surface area contributed by atoms with Gasteiger partial charge in [-0.05, 0) is 6.07 Å². The van der Waals surface area contributed by atoms with Crippen molar-refractivity contribution in [1.82, 2.24) is 5.32 Å². The minimum absolute atomic E-state index is 0.0774. The van der Waals surface area contributed by atoms with Crippen LogP contribution < -0.4 is 15.8 Å². The van der Waals surface area contributed by atoms with Crippen molar-refractivity contribution in [3.05, 3.63) is 29.3 Å². The van der Waals surface area contributed by atoms with Crippen LogP contribution in [-0.2, 0) is 6.54 Å². The molecule has 1 aromatic carbocycles. The maximum Gasteiger partial charge on any atom is 0.124 e. The Kier molecular flexibility index (Phi) is 2.37. The van der Waals surface area contributed by atoms with E-state index in [1.54, 1.807) is 0 Å². The van der Waals surface area contributed by atoms with E-state index in [0.717, 1.165) is 24.4 Å². The Morgan fingerprint density at radius 2 is 2.36 bits per heavy atom. The number of nitrogen functional groups attached to an aromatic ring is 1. The zero-order valence-corrected chi connectivity index (χ0v) is 7.84. The van der Waals surface area contributed by atoms with Gasteiger partial charge in [-0.15, -0.1) is 0 Å². The van der Waals surface area contributed by atoms with E-state index in [4.69, 9.17) is 15.9 Å². The molecule has 0 bridgehead atoms. The molecule has 1 heterocycles. The number of hydrogen-bond acceptors (Lipinski definition) is 3. The molecule has 0 spiro atoms. The predicted octanol–water partition coefficient (Wildman–Crippen LogP) is 0.453. The molecule has 0 amide bonds. The normalized spacial score (nSPS) is 15.1. The van der Waals surface area contributed by atoms with Gasteiger partial charge in [-0.2, -0.15) is 0 Å². The van der Waals surface area contributed by atoms with Crippen LogP contribution in [0.4, 0.5) is 0 Å². The summed E-state index contributed by atoms with van der Waals surface area (Å²) in [6.45, 7) is 2.33. The van der Waals surface area contributed by atoms with Crippen LogP contribution in [-0.4, -0.2) is 19.0 Å². The fraction of sp³-hybridized carbons (Fsp3) is 0.300. The molecule has 1 aliphatic heterocycles. The largest absolute Gasteiger partial charge is 0.492 e. The maximum absolute atomic E-state index is 7.31. The number of amidine groups is 1. The Hall–Kier alpha value is -1.55. The molecule has 2 rings (SSSR count). The number of fused-ring (bicyclic) bond motifs is 1. The average molecular weight is 191 g/mol. The standard InChI is InChI=1S/C10H13N3O/c11-10(12)7-1-2-8-6-13-3-4-14-9(8)5-7/h1-2,5,13H,3-4,6H2,(H3,11,12). The van der Waals surface area contributed by atoms with Crippen molar-refractivity contribution < 1.29 is 4.74 Å². The van der Waals surface area contributed by atoms with Gasteiger partial charge in [-0.25, -0.2) is 0 Å². The highest BCUT2D eigenvalue weighted by atomic mass is 16.5. The van der Waals surface area contributed by atoms with Crippen molar-refractivity contribution in [3.63, 3.8) is 0 Å². The highest BCUT2D eigenvalue weighted by molar-refractivity contribution is 5.95. The van der Waals surface area contributed by atoms with Gasteiger partial charge in [-0.1, -0.05) is 12.1 Å². The molecule has 0 radical (unpaired) electrons. The third-order valence-electron chi connectivity index (χ3n) is 2.23. The molecule has 0 unspecified atom stereocenters. The summed E-state index contributed by atoms with van der Waals surface area (Å²) in [4.78, 5) is 0. The van der Waals surface area contributed by atoms with E-state index in [9.17, 15) is 0 Å². The number of rotatable bonds is 1. The van der Waals surface area contributed by atoms with Gasteiger partial charge in [0.05, 0.1) is 0 Å². The van der Waals surface area contributed by atoms with Gasteiger partial charge in [0.15, 0.2) is 0 Å². The van der Waals surface area contributed by atoms with Gasteiger partial charge >= 0.3 is 0 Å². The van der Waals surface area contributed by atoms with E-state index >= 15 is 0 Å². The van der Waals surface area contributed by atoms with Crippen LogP contribution in [0.1, 0.15) is 11.1 Å². The van der Waals surface area contributed by atoms with Crippen LogP contribution in [0.5, 0.6) is 5.75 Å². The molecule has 4 heteroatoms. The van der Waals surface area contributed by atoms with Gasteiger partial charge in [0.1, 0.15) is 18.2 Å². The van der Waals surface area contributed by atoms with E-state index in [-0.39, 0.29) is 5.84 Å². The fourth-order valence-corrected chi connectivity index (χ4v) is 1.46. The quantitative estimate of drug-likeness (QED) is 0.446. The van der Waals surface area contributed by atoms with Gasteiger partial charge in [0, 0.05) is 24.2 Å². The lowest BCUT2D eigenvalue weighted by molar-refractivity contribution is 0.325. The summed E-state index contributed by atoms with van der Waals surface area (Å²) >= 11 is 0. The van der Waals surface area contributed by atoms with E-state index in [1.807, 2.05) is 18.2 Å². The third-order valence-corrected chi connectivity index (χ3v) is 2.23. The first-order valence-electron chi connectivity index (χ1n) is 4.58. The summed E-state index contributed by atoms with van der Waals surface area (Å²) in [7, 11) is 0. The molecule has 0 aliphatic carbocycles. The van der Waals surface area contributed by atoms with E-state index in [0.29, 0.717) is 12.2 Å². The van der Waals surface area contributed by atoms with Gasteiger partial charge in [0.2, 0.25) is 0 Å². The number of benzene rings is 1. The number of nitrogens with one attached hydrogen (secondary N) is 2. The number of hydrogen-bond donors (Lipinski definition) is 3. The molecule has 0 saturated heterocycles. The summed E-state index contributed by atoms with van der Waals surface area (Å²) in [5, 5.41) is 10.6. The highest BCUT2D eigenvalue weighted by Gasteiger charge is 2.09. The number of ether oxygens (including phenoxy) is 1. The molecule has 14 heavy (non-hydrogen) atoms. The fourth-order valence-electron chi connectivity index (χ4n) is 1.46. The van der Waals surface area contributed by atoms with Crippen molar-refractivity contribution in [2.75, 3.05) is 13.2 Å². The highest BCUT2D eigenvalue weighted by Crippen LogP contribution is 2.21. The van der Waals surface area contributed by atoms with Crippen LogP contribution in [0, 0.1) is 5.41 Å². The minimum atomic E-state index is 0.0774. The lowest BCUT2D eigenvalue weighted by atomic mass is 10.1. The zero-order valence-electron chi connectivity index (χ0n) is 7.84. The second-order valence-electron chi connectivity index (χ2n) is 3.26.